The highest BCUT2D eigenvalue weighted by molar-refractivity contribution is 6.15. The zero-order valence-electron chi connectivity index (χ0n) is 22.2. The summed E-state index contributed by atoms with van der Waals surface area (Å²) < 4.78 is 12.3. The SMILES string of the molecule is O=C1C2=CC(N3c4ccccc4Oc4ccccc43)=CNC2c2ncc(N3c4ccccc4Oc4ccccc43)cc21. The monoisotopic (exact) mass is 546 g/mol. The van der Waals surface area contributed by atoms with Crippen molar-refractivity contribution in [2.24, 2.45) is 0 Å². The number of Topliss-reactive ketones (excluding diaryl/α,β-unsaturated/α-hetero) is 1. The van der Waals surface area contributed by atoms with Crippen LogP contribution in [0.5, 0.6) is 23.0 Å². The molecule has 9 rings (SSSR count). The maximum absolute atomic E-state index is 14.0. The van der Waals surface area contributed by atoms with E-state index in [0.29, 0.717) is 11.1 Å². The molecular weight excluding hydrogens is 524 g/mol. The molecule has 0 amide bonds. The summed E-state index contributed by atoms with van der Waals surface area (Å²) in [6, 6.07) is 33.2. The van der Waals surface area contributed by atoms with Crippen molar-refractivity contribution in [2.45, 2.75) is 6.04 Å². The quantitative estimate of drug-likeness (QED) is 0.235. The van der Waals surface area contributed by atoms with Crippen LogP contribution in [0.2, 0.25) is 0 Å². The van der Waals surface area contributed by atoms with E-state index < -0.39 is 0 Å². The van der Waals surface area contributed by atoms with Gasteiger partial charge in [-0.05, 0) is 60.7 Å². The molecule has 200 valence electrons. The molecule has 4 aliphatic rings. The molecule has 7 nitrogen and oxygen atoms in total. The van der Waals surface area contributed by atoms with Gasteiger partial charge in [-0.3, -0.25) is 9.78 Å². The van der Waals surface area contributed by atoms with Crippen molar-refractivity contribution < 1.29 is 14.3 Å². The molecular formula is C35H22N4O3. The predicted octanol–water partition coefficient (Wildman–Crippen LogP) is 8.21. The van der Waals surface area contributed by atoms with Gasteiger partial charge < -0.3 is 24.6 Å². The Bertz CT molecular complexity index is 1940. The number of pyridine rings is 1. The van der Waals surface area contributed by atoms with Crippen LogP contribution < -0.4 is 24.6 Å². The molecule has 1 aromatic heterocycles. The van der Waals surface area contributed by atoms with Crippen LogP contribution in [0.25, 0.3) is 0 Å². The number of carbonyl (C=O) groups is 1. The number of allylic oxidation sites excluding steroid dienone is 1. The van der Waals surface area contributed by atoms with E-state index in [1.54, 1.807) is 0 Å². The molecule has 0 saturated carbocycles. The Labute approximate surface area is 241 Å². The highest BCUT2D eigenvalue weighted by atomic mass is 16.5. The van der Waals surface area contributed by atoms with Crippen LogP contribution in [0.3, 0.4) is 0 Å². The van der Waals surface area contributed by atoms with E-state index in [0.717, 1.165) is 62.8 Å². The van der Waals surface area contributed by atoms with Gasteiger partial charge in [-0.25, -0.2) is 0 Å². The summed E-state index contributed by atoms with van der Waals surface area (Å²) in [7, 11) is 0. The zero-order valence-corrected chi connectivity index (χ0v) is 22.2. The van der Waals surface area contributed by atoms with E-state index in [4.69, 9.17) is 14.5 Å². The first-order valence-electron chi connectivity index (χ1n) is 13.8. The molecule has 0 fully saturated rings. The second kappa shape index (κ2) is 8.59. The molecule has 5 aromatic rings. The fourth-order valence-electron chi connectivity index (χ4n) is 6.21. The number of hydrogen-bond donors (Lipinski definition) is 1. The summed E-state index contributed by atoms with van der Waals surface area (Å²) in [4.78, 5) is 23.1. The number of dihydropyridines is 1. The van der Waals surface area contributed by atoms with Crippen LogP contribution in [-0.2, 0) is 0 Å². The minimum atomic E-state index is -0.318. The molecule has 1 unspecified atom stereocenters. The predicted molar refractivity (Wildman–Crippen MR) is 160 cm³/mol. The Morgan fingerprint density at radius 2 is 1.17 bits per heavy atom. The topological polar surface area (TPSA) is 66.9 Å². The van der Waals surface area contributed by atoms with Gasteiger partial charge in [-0.1, -0.05) is 48.5 Å². The Morgan fingerprint density at radius 1 is 0.667 bits per heavy atom. The van der Waals surface area contributed by atoms with Crippen LogP contribution >= 0.6 is 0 Å². The van der Waals surface area contributed by atoms with Crippen molar-refractivity contribution in [1.82, 2.24) is 10.3 Å². The molecule has 3 aliphatic heterocycles. The van der Waals surface area contributed by atoms with Crippen molar-refractivity contribution >= 4 is 34.2 Å². The van der Waals surface area contributed by atoms with Crippen molar-refractivity contribution in [3.05, 3.63) is 144 Å². The summed E-state index contributed by atoms with van der Waals surface area (Å²) in [5.41, 5.74) is 7.24. The normalized spacial score (nSPS) is 17.1. The summed E-state index contributed by atoms with van der Waals surface area (Å²) >= 11 is 0. The minimum absolute atomic E-state index is 0.0351. The number of aromatic nitrogens is 1. The van der Waals surface area contributed by atoms with Crippen molar-refractivity contribution in [1.29, 1.82) is 0 Å². The summed E-state index contributed by atoms with van der Waals surface area (Å²) in [5.74, 6) is 2.99. The van der Waals surface area contributed by atoms with E-state index in [-0.39, 0.29) is 11.8 Å². The number of anilines is 5. The van der Waals surface area contributed by atoms with Crippen LogP contribution in [0, 0.1) is 0 Å². The number of carbonyl (C=O) groups excluding carboxylic acids is 1. The Morgan fingerprint density at radius 3 is 1.71 bits per heavy atom. The lowest BCUT2D eigenvalue weighted by Crippen LogP contribution is -2.27. The fourth-order valence-corrected chi connectivity index (χ4v) is 6.21. The largest absolute Gasteiger partial charge is 0.453 e. The van der Waals surface area contributed by atoms with Crippen molar-refractivity contribution in [3.8, 4) is 23.0 Å². The molecule has 4 aromatic carbocycles. The first-order chi connectivity index (χ1) is 20.7. The molecule has 0 spiro atoms. The number of benzene rings is 4. The number of fused-ring (bicyclic) bond motifs is 7. The minimum Gasteiger partial charge on any atom is -0.453 e. The van der Waals surface area contributed by atoms with Gasteiger partial charge in [-0.15, -0.1) is 0 Å². The third-order valence-electron chi connectivity index (χ3n) is 8.08. The maximum atomic E-state index is 14.0. The number of para-hydroxylation sites is 8. The highest BCUT2D eigenvalue weighted by Gasteiger charge is 2.40. The average molecular weight is 547 g/mol. The molecule has 0 saturated heterocycles. The van der Waals surface area contributed by atoms with Crippen LogP contribution in [-0.4, -0.2) is 10.8 Å². The molecule has 7 heteroatoms. The van der Waals surface area contributed by atoms with Crippen LogP contribution in [0.1, 0.15) is 22.1 Å². The van der Waals surface area contributed by atoms with E-state index in [2.05, 4.69) is 15.1 Å². The fraction of sp³-hybridized carbons (Fsp3) is 0.0286. The standard InChI is InChI=1S/C35H22N4O3/c40-35-23-17-21(38-25-9-1-5-13-29(25)41-30-14-6-2-10-26(30)38)19-36-33(23)34-24(35)18-22(20-37-34)39-27-11-3-7-15-31(27)42-32-16-8-4-12-28(32)39/h1-20,33,36H. The second-order valence-electron chi connectivity index (χ2n) is 10.5. The van der Waals surface area contributed by atoms with Crippen molar-refractivity contribution in [3.63, 3.8) is 0 Å². The number of nitrogens with zero attached hydrogens (tertiary/aromatic N) is 3. The van der Waals surface area contributed by atoms with Gasteiger partial charge in [-0.2, -0.15) is 0 Å². The third kappa shape index (κ3) is 3.22. The second-order valence-corrected chi connectivity index (χ2v) is 10.5. The number of hydrogen-bond acceptors (Lipinski definition) is 7. The summed E-state index contributed by atoms with van der Waals surface area (Å²) in [6.07, 6.45) is 5.77. The molecule has 4 heterocycles. The number of nitrogens with one attached hydrogen (secondary N) is 1. The van der Waals surface area contributed by atoms with Gasteiger partial charge in [0.15, 0.2) is 28.8 Å². The Kier molecular flexibility index (Phi) is 4.69. The summed E-state index contributed by atoms with van der Waals surface area (Å²) in [6.45, 7) is 0. The smallest absolute Gasteiger partial charge is 0.193 e. The molecule has 0 bridgehead atoms. The number of ether oxygens (including phenoxy) is 2. The molecule has 0 radical (unpaired) electrons. The number of rotatable bonds is 2. The molecule has 1 atom stereocenters. The van der Waals surface area contributed by atoms with E-state index in [1.807, 2.05) is 122 Å². The molecule has 42 heavy (non-hydrogen) atoms. The number of ketones is 1. The lowest BCUT2D eigenvalue weighted by atomic mass is 10.0. The third-order valence-corrected chi connectivity index (χ3v) is 8.08. The van der Waals surface area contributed by atoms with Gasteiger partial charge >= 0.3 is 0 Å². The lowest BCUT2D eigenvalue weighted by Gasteiger charge is -2.35. The van der Waals surface area contributed by atoms with Gasteiger partial charge in [0.25, 0.3) is 0 Å². The zero-order chi connectivity index (χ0) is 27.8. The highest BCUT2D eigenvalue weighted by Crippen LogP contribution is 2.52. The van der Waals surface area contributed by atoms with E-state index in [9.17, 15) is 4.79 Å². The molecule has 1 N–H and O–H groups in total. The van der Waals surface area contributed by atoms with Crippen LogP contribution in [0.15, 0.2) is 133 Å². The van der Waals surface area contributed by atoms with Crippen molar-refractivity contribution in [2.75, 3.05) is 9.80 Å². The van der Waals surface area contributed by atoms with Gasteiger partial charge in [0, 0.05) is 17.3 Å². The van der Waals surface area contributed by atoms with Gasteiger partial charge in [0.1, 0.15) is 0 Å². The Hall–Kier alpha value is -5.82. The first-order valence-corrected chi connectivity index (χ1v) is 13.8. The summed E-state index contributed by atoms with van der Waals surface area (Å²) in [5, 5.41) is 3.48. The molecule has 1 aliphatic carbocycles. The van der Waals surface area contributed by atoms with Gasteiger partial charge in [0.05, 0.1) is 52.1 Å². The average Bonchev–Trinajstić information content (AvgIpc) is 3.32. The van der Waals surface area contributed by atoms with E-state index >= 15 is 0 Å². The first kappa shape index (κ1) is 22.9. The van der Waals surface area contributed by atoms with E-state index in [1.165, 1.54) is 0 Å². The lowest BCUT2D eigenvalue weighted by molar-refractivity contribution is 0.103. The maximum Gasteiger partial charge on any atom is 0.193 e. The van der Waals surface area contributed by atoms with Crippen LogP contribution in [0.4, 0.5) is 28.4 Å². The Balaban J connectivity index is 1.12. The van der Waals surface area contributed by atoms with Gasteiger partial charge in [0.2, 0.25) is 0 Å².